The number of alkyl halides is 3. The van der Waals surface area contributed by atoms with Gasteiger partial charge in [-0.15, -0.1) is 0 Å². The van der Waals surface area contributed by atoms with E-state index >= 15 is 0 Å². The Balaban J connectivity index is 2.39. The highest BCUT2D eigenvalue weighted by atomic mass is 19.4. The highest BCUT2D eigenvalue weighted by Crippen LogP contribution is 2.26. The van der Waals surface area contributed by atoms with Gasteiger partial charge >= 0.3 is 6.18 Å². The standard InChI is InChI=1S/C9H18F3N3/c1-14-2-4-15(5-3-14)7-8(6-13)9(10,11)12/h8H,2-7,13H2,1H3. The molecule has 0 aliphatic carbocycles. The van der Waals surface area contributed by atoms with Crippen LogP contribution in [0.5, 0.6) is 0 Å². The van der Waals surface area contributed by atoms with Gasteiger partial charge < -0.3 is 15.5 Å². The van der Waals surface area contributed by atoms with E-state index in [0.29, 0.717) is 13.1 Å². The van der Waals surface area contributed by atoms with Crippen molar-refractivity contribution in [3.05, 3.63) is 0 Å². The second-order valence-electron chi connectivity index (χ2n) is 4.08. The van der Waals surface area contributed by atoms with E-state index in [0.717, 1.165) is 13.1 Å². The van der Waals surface area contributed by atoms with E-state index in [4.69, 9.17) is 5.73 Å². The third-order valence-electron chi connectivity index (χ3n) is 2.82. The molecule has 1 aliphatic rings. The zero-order valence-electron chi connectivity index (χ0n) is 8.93. The summed E-state index contributed by atoms with van der Waals surface area (Å²) in [6, 6.07) is 0. The van der Waals surface area contributed by atoms with Gasteiger partial charge in [-0.3, -0.25) is 0 Å². The van der Waals surface area contributed by atoms with E-state index < -0.39 is 12.1 Å². The van der Waals surface area contributed by atoms with Crippen LogP contribution in [0.3, 0.4) is 0 Å². The normalized spacial score (nSPS) is 23.0. The van der Waals surface area contributed by atoms with Crippen molar-refractivity contribution in [1.29, 1.82) is 0 Å². The molecule has 1 heterocycles. The minimum Gasteiger partial charge on any atom is -0.330 e. The Hall–Kier alpha value is -0.330. The molecule has 1 rings (SSSR count). The third kappa shape index (κ3) is 3.96. The average Bonchev–Trinajstić information content (AvgIpc) is 2.15. The van der Waals surface area contributed by atoms with Crippen LogP contribution in [0.1, 0.15) is 0 Å². The number of piperazine rings is 1. The second-order valence-corrected chi connectivity index (χ2v) is 4.08. The molecule has 6 heteroatoms. The number of halogens is 3. The van der Waals surface area contributed by atoms with Crippen LogP contribution in [0, 0.1) is 5.92 Å². The van der Waals surface area contributed by atoms with Gasteiger partial charge in [-0.2, -0.15) is 13.2 Å². The van der Waals surface area contributed by atoms with E-state index in [-0.39, 0.29) is 13.1 Å². The molecule has 0 aromatic rings. The van der Waals surface area contributed by atoms with Gasteiger partial charge in [-0.25, -0.2) is 0 Å². The summed E-state index contributed by atoms with van der Waals surface area (Å²) < 4.78 is 37.3. The first-order chi connectivity index (χ1) is 6.93. The molecule has 0 aromatic heterocycles. The van der Waals surface area contributed by atoms with E-state index in [2.05, 4.69) is 4.90 Å². The van der Waals surface area contributed by atoms with Gasteiger partial charge in [0.2, 0.25) is 0 Å². The number of nitrogens with two attached hydrogens (primary N) is 1. The molecule has 1 aliphatic heterocycles. The number of likely N-dealkylation sites (N-methyl/N-ethyl adjacent to an activating group) is 1. The van der Waals surface area contributed by atoms with Gasteiger partial charge in [0.05, 0.1) is 5.92 Å². The lowest BCUT2D eigenvalue weighted by atomic mass is 10.1. The summed E-state index contributed by atoms with van der Waals surface area (Å²) >= 11 is 0. The van der Waals surface area contributed by atoms with Crippen molar-refractivity contribution in [2.45, 2.75) is 6.18 Å². The maximum absolute atomic E-state index is 12.4. The first-order valence-electron chi connectivity index (χ1n) is 5.11. The molecule has 1 fully saturated rings. The van der Waals surface area contributed by atoms with Crippen LogP contribution in [0.25, 0.3) is 0 Å². The predicted octanol–water partition coefficient (Wildman–Crippen LogP) is 0.371. The van der Waals surface area contributed by atoms with Crippen molar-refractivity contribution in [2.75, 3.05) is 46.3 Å². The van der Waals surface area contributed by atoms with Crippen molar-refractivity contribution >= 4 is 0 Å². The van der Waals surface area contributed by atoms with Crippen LogP contribution in [0.4, 0.5) is 13.2 Å². The summed E-state index contributed by atoms with van der Waals surface area (Å²) in [5.41, 5.74) is 5.15. The molecule has 0 aromatic carbocycles. The predicted molar refractivity (Wildman–Crippen MR) is 52.5 cm³/mol. The number of hydrogen-bond donors (Lipinski definition) is 1. The molecule has 1 saturated heterocycles. The lowest BCUT2D eigenvalue weighted by Crippen LogP contribution is -2.49. The molecule has 1 atom stereocenters. The van der Waals surface area contributed by atoms with Gasteiger partial charge in [-0.05, 0) is 7.05 Å². The number of rotatable bonds is 3. The summed E-state index contributed by atoms with van der Waals surface area (Å²) in [5, 5.41) is 0. The van der Waals surface area contributed by atoms with Crippen LogP contribution >= 0.6 is 0 Å². The van der Waals surface area contributed by atoms with Gasteiger partial charge in [0.1, 0.15) is 0 Å². The second kappa shape index (κ2) is 5.14. The Bertz CT molecular complexity index is 188. The van der Waals surface area contributed by atoms with Crippen molar-refractivity contribution in [3.8, 4) is 0 Å². The van der Waals surface area contributed by atoms with Gasteiger partial charge in [-0.1, -0.05) is 0 Å². The average molecular weight is 225 g/mol. The summed E-state index contributed by atoms with van der Waals surface area (Å²) in [4.78, 5) is 3.95. The van der Waals surface area contributed by atoms with Crippen LogP contribution in [-0.4, -0.2) is 62.3 Å². The minimum absolute atomic E-state index is 0.0356. The molecule has 90 valence electrons. The Morgan fingerprint density at radius 1 is 1.20 bits per heavy atom. The number of hydrogen-bond acceptors (Lipinski definition) is 3. The number of nitrogens with zero attached hydrogens (tertiary/aromatic N) is 2. The van der Waals surface area contributed by atoms with Crippen molar-refractivity contribution in [2.24, 2.45) is 11.7 Å². The van der Waals surface area contributed by atoms with Crippen molar-refractivity contribution in [1.82, 2.24) is 9.80 Å². The largest absolute Gasteiger partial charge is 0.394 e. The van der Waals surface area contributed by atoms with Crippen LogP contribution in [-0.2, 0) is 0 Å². The van der Waals surface area contributed by atoms with E-state index in [1.54, 1.807) is 0 Å². The Labute approximate surface area is 88.0 Å². The summed E-state index contributed by atoms with van der Waals surface area (Å²) in [6.45, 7) is 2.76. The molecule has 0 saturated carbocycles. The first kappa shape index (κ1) is 12.7. The SMILES string of the molecule is CN1CCN(CC(CN)C(F)(F)F)CC1. The molecular weight excluding hydrogens is 207 g/mol. The summed E-state index contributed by atoms with van der Waals surface area (Å²) in [7, 11) is 1.97. The maximum atomic E-state index is 12.4. The Morgan fingerprint density at radius 3 is 2.13 bits per heavy atom. The molecule has 0 radical (unpaired) electrons. The Morgan fingerprint density at radius 2 is 1.73 bits per heavy atom. The topological polar surface area (TPSA) is 32.5 Å². The monoisotopic (exact) mass is 225 g/mol. The fraction of sp³-hybridized carbons (Fsp3) is 1.00. The molecule has 0 spiro atoms. The summed E-state index contributed by atoms with van der Waals surface area (Å²) in [6.07, 6.45) is -4.17. The van der Waals surface area contributed by atoms with Crippen LogP contribution in [0.2, 0.25) is 0 Å². The van der Waals surface area contributed by atoms with E-state index in [1.807, 2.05) is 11.9 Å². The van der Waals surface area contributed by atoms with Gasteiger partial charge in [0.15, 0.2) is 0 Å². The quantitative estimate of drug-likeness (QED) is 0.753. The van der Waals surface area contributed by atoms with Crippen LogP contribution < -0.4 is 5.73 Å². The maximum Gasteiger partial charge on any atom is 0.394 e. The molecular formula is C9H18F3N3. The zero-order valence-corrected chi connectivity index (χ0v) is 8.93. The molecule has 0 amide bonds. The minimum atomic E-state index is -4.17. The van der Waals surface area contributed by atoms with Crippen molar-refractivity contribution < 1.29 is 13.2 Å². The molecule has 3 nitrogen and oxygen atoms in total. The molecule has 15 heavy (non-hydrogen) atoms. The van der Waals surface area contributed by atoms with Gasteiger partial charge in [0, 0.05) is 39.3 Å². The summed E-state index contributed by atoms with van der Waals surface area (Å²) in [5.74, 6) is -1.39. The fourth-order valence-electron chi connectivity index (χ4n) is 1.65. The zero-order chi connectivity index (χ0) is 11.5. The molecule has 0 bridgehead atoms. The van der Waals surface area contributed by atoms with Crippen molar-refractivity contribution in [3.63, 3.8) is 0 Å². The highest BCUT2D eigenvalue weighted by Gasteiger charge is 2.39. The van der Waals surface area contributed by atoms with E-state index in [1.165, 1.54) is 0 Å². The molecule has 1 unspecified atom stereocenters. The van der Waals surface area contributed by atoms with Gasteiger partial charge in [0.25, 0.3) is 0 Å². The molecule has 2 N–H and O–H groups in total. The van der Waals surface area contributed by atoms with E-state index in [9.17, 15) is 13.2 Å². The highest BCUT2D eigenvalue weighted by molar-refractivity contribution is 4.76. The first-order valence-corrected chi connectivity index (χ1v) is 5.11. The lowest BCUT2D eigenvalue weighted by molar-refractivity contribution is -0.177. The fourth-order valence-corrected chi connectivity index (χ4v) is 1.65. The Kier molecular flexibility index (Phi) is 4.36. The lowest BCUT2D eigenvalue weighted by Gasteiger charge is -2.34. The van der Waals surface area contributed by atoms with Crippen LogP contribution in [0.15, 0.2) is 0 Å². The smallest absolute Gasteiger partial charge is 0.330 e. The third-order valence-corrected chi connectivity index (χ3v) is 2.82.